The minimum absolute atomic E-state index is 0.103. The summed E-state index contributed by atoms with van der Waals surface area (Å²) in [6.45, 7) is 11.9. The van der Waals surface area contributed by atoms with Crippen LogP contribution in [0.15, 0.2) is 0 Å². The molecule has 0 radical (unpaired) electrons. The summed E-state index contributed by atoms with van der Waals surface area (Å²) >= 11 is 0. The fourth-order valence-corrected chi connectivity index (χ4v) is 13.1. The van der Waals surface area contributed by atoms with Gasteiger partial charge >= 0.3 is 39.5 Å². The van der Waals surface area contributed by atoms with Crippen LogP contribution in [0.2, 0.25) is 0 Å². The zero-order chi connectivity index (χ0) is 70.1. The van der Waals surface area contributed by atoms with Crippen LogP contribution in [0.25, 0.3) is 0 Å². The molecule has 7 atom stereocenters. The van der Waals surface area contributed by atoms with E-state index in [2.05, 4.69) is 48.5 Å². The van der Waals surface area contributed by atoms with Gasteiger partial charge in [-0.3, -0.25) is 37.3 Å². The largest absolute Gasteiger partial charge is 0.472 e. The summed E-state index contributed by atoms with van der Waals surface area (Å²) in [6.07, 6.45) is 52.8. The maximum absolute atomic E-state index is 13.1. The van der Waals surface area contributed by atoms with Gasteiger partial charge in [0.05, 0.1) is 26.4 Å². The number of carbonyl (C=O) groups excluding carboxylic acids is 4. The summed E-state index contributed by atoms with van der Waals surface area (Å²) in [5, 5.41) is 10.6. The van der Waals surface area contributed by atoms with Crippen LogP contribution in [-0.2, 0) is 65.4 Å². The van der Waals surface area contributed by atoms with E-state index in [9.17, 15) is 43.2 Å². The number of unbranched alkanes of at least 4 members (excludes halogenated alkanes) is 40. The first-order valence-corrected chi connectivity index (χ1v) is 42.4. The Morgan fingerprint density at radius 1 is 0.305 bits per heavy atom. The first kappa shape index (κ1) is 93.1. The van der Waals surface area contributed by atoms with E-state index in [-0.39, 0.29) is 25.7 Å². The van der Waals surface area contributed by atoms with Gasteiger partial charge in [-0.05, 0) is 43.4 Å². The monoisotopic (exact) mass is 1400 g/mol. The zero-order valence-corrected chi connectivity index (χ0v) is 63.9. The van der Waals surface area contributed by atoms with Gasteiger partial charge in [0.15, 0.2) is 12.2 Å². The van der Waals surface area contributed by atoms with Gasteiger partial charge in [-0.2, -0.15) is 0 Å². The van der Waals surface area contributed by atoms with Gasteiger partial charge in [0, 0.05) is 25.7 Å². The quantitative estimate of drug-likeness (QED) is 0.0222. The zero-order valence-electron chi connectivity index (χ0n) is 62.1. The van der Waals surface area contributed by atoms with E-state index in [1.807, 2.05) is 0 Å². The lowest BCUT2D eigenvalue weighted by Gasteiger charge is -2.21. The Bertz CT molecular complexity index is 1860. The van der Waals surface area contributed by atoms with Crippen molar-refractivity contribution in [3.8, 4) is 0 Å². The topological polar surface area (TPSA) is 237 Å². The summed E-state index contributed by atoms with van der Waals surface area (Å²) in [7, 11) is -9.91. The number of carbonyl (C=O) groups is 4. The SMILES string of the molecule is CCCCCCCCCCCC(=O)OC[C@H](COP(=O)(O)OC[C@H](O)COP(=O)(O)OC[C@@H](COC(=O)CCCCCCCCCCCCC(C)CC)OC(=O)CCCCCCCCCCCCCCCCCCCCC(C)CC)OC(=O)CCCCCCCCCC(C)C. The summed E-state index contributed by atoms with van der Waals surface area (Å²) in [5.74, 6) is 0.254. The fraction of sp³-hybridized carbons (Fsp3) is 0.947. The molecule has 0 spiro atoms. The number of aliphatic hydroxyl groups is 1. The van der Waals surface area contributed by atoms with Crippen LogP contribution < -0.4 is 0 Å². The summed E-state index contributed by atoms with van der Waals surface area (Å²) in [6, 6.07) is 0. The summed E-state index contributed by atoms with van der Waals surface area (Å²) < 4.78 is 68.4. The first-order chi connectivity index (χ1) is 45.8. The molecule has 0 heterocycles. The van der Waals surface area contributed by atoms with E-state index in [1.165, 1.54) is 199 Å². The standard InChI is InChI=1S/C76H148O17P2/c1-8-11-12-13-14-27-36-43-50-57-73(78)86-64-72(93-76(81)60-53-46-39-32-33-40-47-54-67(4)5)66-91-95(84,85)89-62-70(77)61-88-94(82,83)90-65-71(63-87-74(79)58-51-44-37-30-26-25-29-35-42-49-56-69(7)10-3)92-75(80)59-52-45-38-31-24-22-20-18-16-15-17-19-21-23-28-34-41-48-55-68(6)9-2/h67-72,77H,8-66H2,1-7H3,(H,82,83)(H,84,85)/t68?,69?,70-,71-,72-/m1/s1. The van der Waals surface area contributed by atoms with Crippen molar-refractivity contribution in [1.82, 2.24) is 0 Å². The molecule has 0 rings (SSSR count). The van der Waals surface area contributed by atoms with Crippen molar-refractivity contribution in [1.29, 1.82) is 0 Å². The lowest BCUT2D eigenvalue weighted by molar-refractivity contribution is -0.161. The summed E-state index contributed by atoms with van der Waals surface area (Å²) in [5.41, 5.74) is 0. The molecule has 3 N–H and O–H groups in total. The average molecular weight is 1400 g/mol. The number of hydrogen-bond acceptors (Lipinski definition) is 15. The molecule has 0 aromatic heterocycles. The molecule has 564 valence electrons. The van der Waals surface area contributed by atoms with Crippen molar-refractivity contribution < 1.29 is 80.2 Å². The van der Waals surface area contributed by atoms with Crippen molar-refractivity contribution in [2.75, 3.05) is 39.6 Å². The maximum atomic E-state index is 13.1. The smallest absolute Gasteiger partial charge is 0.462 e. The molecule has 0 fully saturated rings. The Morgan fingerprint density at radius 2 is 0.537 bits per heavy atom. The van der Waals surface area contributed by atoms with Crippen molar-refractivity contribution >= 4 is 39.5 Å². The highest BCUT2D eigenvalue weighted by Gasteiger charge is 2.30. The molecule has 0 amide bonds. The lowest BCUT2D eigenvalue weighted by Crippen LogP contribution is -2.30. The minimum atomic E-state index is -4.96. The number of aliphatic hydroxyl groups excluding tert-OH is 1. The van der Waals surface area contributed by atoms with E-state index in [0.29, 0.717) is 31.6 Å². The molecule has 95 heavy (non-hydrogen) atoms. The molecule has 0 aromatic carbocycles. The number of phosphoric acid groups is 2. The van der Waals surface area contributed by atoms with Crippen molar-refractivity contribution in [2.24, 2.45) is 17.8 Å². The third-order valence-electron chi connectivity index (χ3n) is 18.4. The molecule has 0 saturated heterocycles. The van der Waals surface area contributed by atoms with Gasteiger partial charge in [-0.25, -0.2) is 9.13 Å². The van der Waals surface area contributed by atoms with E-state index in [4.69, 9.17) is 37.0 Å². The number of hydrogen-bond donors (Lipinski definition) is 3. The maximum Gasteiger partial charge on any atom is 0.472 e. The molecular formula is C76H148O17P2. The molecule has 0 aromatic rings. The third-order valence-corrected chi connectivity index (χ3v) is 20.3. The lowest BCUT2D eigenvalue weighted by atomic mass is 9.99. The van der Waals surface area contributed by atoms with Gasteiger partial charge in [-0.15, -0.1) is 0 Å². The van der Waals surface area contributed by atoms with Crippen LogP contribution in [0.5, 0.6) is 0 Å². The van der Waals surface area contributed by atoms with Gasteiger partial charge in [0.25, 0.3) is 0 Å². The molecule has 0 aliphatic heterocycles. The minimum Gasteiger partial charge on any atom is -0.462 e. The Labute approximate surface area is 581 Å². The highest BCUT2D eigenvalue weighted by Crippen LogP contribution is 2.45. The van der Waals surface area contributed by atoms with Gasteiger partial charge in [-0.1, -0.05) is 337 Å². The predicted molar refractivity (Wildman–Crippen MR) is 386 cm³/mol. The van der Waals surface area contributed by atoms with Crippen molar-refractivity contribution in [2.45, 2.75) is 407 Å². The fourth-order valence-electron chi connectivity index (χ4n) is 11.5. The van der Waals surface area contributed by atoms with E-state index in [1.54, 1.807) is 0 Å². The van der Waals surface area contributed by atoms with Gasteiger partial charge in [0.1, 0.15) is 19.3 Å². The van der Waals surface area contributed by atoms with Gasteiger partial charge < -0.3 is 33.8 Å². The summed E-state index contributed by atoms with van der Waals surface area (Å²) in [4.78, 5) is 72.7. The van der Waals surface area contributed by atoms with Crippen molar-refractivity contribution in [3.05, 3.63) is 0 Å². The van der Waals surface area contributed by atoms with E-state index in [0.717, 1.165) is 102 Å². The molecule has 4 unspecified atom stereocenters. The molecule has 17 nitrogen and oxygen atoms in total. The van der Waals surface area contributed by atoms with Gasteiger partial charge in [0.2, 0.25) is 0 Å². The molecule has 0 bridgehead atoms. The molecule has 0 aliphatic rings. The second-order valence-electron chi connectivity index (χ2n) is 28.4. The van der Waals surface area contributed by atoms with Crippen LogP contribution in [0.3, 0.4) is 0 Å². The Balaban J connectivity index is 5.18. The third kappa shape index (κ3) is 67.6. The van der Waals surface area contributed by atoms with Crippen LogP contribution in [0.1, 0.15) is 389 Å². The van der Waals surface area contributed by atoms with Crippen LogP contribution in [0.4, 0.5) is 0 Å². The highest BCUT2D eigenvalue weighted by atomic mass is 31.2. The number of ether oxygens (including phenoxy) is 4. The molecule has 0 aliphatic carbocycles. The van der Waals surface area contributed by atoms with E-state index < -0.39 is 97.5 Å². The molecule has 19 heteroatoms. The molecule has 0 saturated carbocycles. The Kier molecular flexibility index (Phi) is 65.2. The average Bonchev–Trinajstić information content (AvgIpc) is 2.72. The second kappa shape index (κ2) is 66.6. The van der Waals surface area contributed by atoms with Crippen LogP contribution in [-0.4, -0.2) is 96.7 Å². The predicted octanol–water partition coefficient (Wildman–Crippen LogP) is 22.2. The highest BCUT2D eigenvalue weighted by molar-refractivity contribution is 7.47. The molecular weight excluding hydrogens is 1250 g/mol. The second-order valence-corrected chi connectivity index (χ2v) is 31.3. The number of phosphoric ester groups is 2. The van der Waals surface area contributed by atoms with E-state index >= 15 is 0 Å². The number of rotatable bonds is 74. The first-order valence-electron chi connectivity index (χ1n) is 39.4. The van der Waals surface area contributed by atoms with Crippen LogP contribution in [0, 0.1) is 17.8 Å². The number of esters is 4. The van der Waals surface area contributed by atoms with Crippen LogP contribution >= 0.6 is 15.6 Å². The van der Waals surface area contributed by atoms with Crippen molar-refractivity contribution in [3.63, 3.8) is 0 Å². The Morgan fingerprint density at radius 3 is 0.800 bits per heavy atom. The normalized spacial score (nSPS) is 14.6. The Hall–Kier alpha value is -1.94.